The average Bonchev–Trinajstić information content (AvgIpc) is 2.67. The Hall–Kier alpha value is -2.92. The number of aromatic nitrogens is 2. The van der Waals surface area contributed by atoms with Gasteiger partial charge in [-0.2, -0.15) is 0 Å². The molecule has 5 nitrogen and oxygen atoms in total. The highest BCUT2D eigenvalue weighted by Crippen LogP contribution is 2.25. The molecule has 0 aliphatic carbocycles. The molecule has 2 aromatic carbocycles. The maximum atomic E-state index is 12.7. The fourth-order valence-corrected chi connectivity index (χ4v) is 2.75. The minimum atomic E-state index is -0.184. The van der Waals surface area contributed by atoms with Crippen LogP contribution in [0.4, 0.5) is 17.2 Å². The Kier molecular flexibility index (Phi) is 5.49. The molecular weight excluding hydrogens is 348 g/mol. The highest BCUT2D eigenvalue weighted by molar-refractivity contribution is 6.31. The highest BCUT2D eigenvalue weighted by atomic mass is 35.5. The number of para-hydroxylation sites is 1. The lowest BCUT2D eigenvalue weighted by Crippen LogP contribution is -2.31. The molecule has 1 N–H and O–H groups in total. The lowest BCUT2D eigenvalue weighted by molar-refractivity contribution is 0.0983. The third kappa shape index (κ3) is 3.83. The molecule has 0 fully saturated rings. The van der Waals surface area contributed by atoms with E-state index < -0.39 is 0 Å². The highest BCUT2D eigenvalue weighted by Gasteiger charge is 2.17. The smallest absolute Gasteiger partial charge is 0.278 e. The normalized spacial score (nSPS) is 10.4. The lowest BCUT2D eigenvalue weighted by atomic mass is 10.2. The van der Waals surface area contributed by atoms with E-state index in [-0.39, 0.29) is 5.91 Å². The predicted molar refractivity (Wildman–Crippen MR) is 105 cm³/mol. The van der Waals surface area contributed by atoms with E-state index >= 15 is 0 Å². The van der Waals surface area contributed by atoms with Crippen LogP contribution in [0.2, 0.25) is 5.02 Å². The van der Waals surface area contributed by atoms with E-state index in [1.165, 1.54) is 6.20 Å². The molecule has 0 atom stereocenters. The van der Waals surface area contributed by atoms with Crippen LogP contribution in [0.15, 0.2) is 60.9 Å². The van der Waals surface area contributed by atoms with Crippen LogP contribution < -0.4 is 10.2 Å². The van der Waals surface area contributed by atoms with E-state index in [0.29, 0.717) is 23.1 Å². The van der Waals surface area contributed by atoms with Gasteiger partial charge in [-0.25, -0.2) is 9.97 Å². The molecule has 0 spiro atoms. The monoisotopic (exact) mass is 366 g/mol. The van der Waals surface area contributed by atoms with E-state index in [2.05, 4.69) is 15.3 Å². The molecule has 0 aliphatic rings. The van der Waals surface area contributed by atoms with Crippen molar-refractivity contribution in [2.45, 2.75) is 13.8 Å². The Bertz CT molecular complexity index is 897. The number of hydrogen-bond acceptors (Lipinski definition) is 4. The molecule has 26 heavy (non-hydrogen) atoms. The van der Waals surface area contributed by atoms with Gasteiger partial charge in [0.15, 0.2) is 0 Å². The van der Waals surface area contributed by atoms with Crippen LogP contribution in [0, 0.1) is 6.92 Å². The number of amides is 1. The van der Waals surface area contributed by atoms with Crippen LogP contribution >= 0.6 is 11.6 Å². The number of rotatable bonds is 5. The van der Waals surface area contributed by atoms with Gasteiger partial charge in [-0.05, 0) is 43.7 Å². The van der Waals surface area contributed by atoms with Gasteiger partial charge in [-0.15, -0.1) is 0 Å². The van der Waals surface area contributed by atoms with Crippen molar-refractivity contribution >= 4 is 34.7 Å². The molecule has 0 aliphatic heterocycles. The van der Waals surface area contributed by atoms with Crippen LogP contribution in [0.3, 0.4) is 0 Å². The van der Waals surface area contributed by atoms with E-state index in [0.717, 1.165) is 16.9 Å². The molecule has 0 radical (unpaired) electrons. The second kappa shape index (κ2) is 7.97. The Morgan fingerprint density at radius 3 is 2.50 bits per heavy atom. The van der Waals surface area contributed by atoms with Gasteiger partial charge in [0.1, 0.15) is 11.5 Å². The molecule has 3 rings (SSSR count). The predicted octanol–water partition coefficient (Wildman–Crippen LogP) is 4.85. The number of halogens is 1. The zero-order chi connectivity index (χ0) is 18.5. The Balaban J connectivity index is 1.78. The van der Waals surface area contributed by atoms with Crippen molar-refractivity contribution in [2.24, 2.45) is 0 Å². The molecule has 1 aromatic heterocycles. The third-order valence-electron chi connectivity index (χ3n) is 4.03. The van der Waals surface area contributed by atoms with Gasteiger partial charge in [-0.3, -0.25) is 4.79 Å². The summed E-state index contributed by atoms with van der Waals surface area (Å²) in [6, 6.07) is 15.1. The summed E-state index contributed by atoms with van der Waals surface area (Å²) in [4.78, 5) is 23.0. The maximum absolute atomic E-state index is 12.7. The molecule has 0 saturated heterocycles. The van der Waals surface area contributed by atoms with Gasteiger partial charge in [-0.1, -0.05) is 35.9 Å². The summed E-state index contributed by atoms with van der Waals surface area (Å²) in [5, 5.41) is 3.85. The van der Waals surface area contributed by atoms with Crippen molar-refractivity contribution in [1.29, 1.82) is 0 Å². The molecule has 0 saturated carbocycles. The van der Waals surface area contributed by atoms with Crippen molar-refractivity contribution in [1.82, 2.24) is 9.97 Å². The fourth-order valence-electron chi connectivity index (χ4n) is 2.57. The number of nitrogens with one attached hydrogen (secondary N) is 1. The molecule has 1 heterocycles. The Morgan fingerprint density at radius 2 is 1.85 bits per heavy atom. The average molecular weight is 367 g/mol. The summed E-state index contributed by atoms with van der Waals surface area (Å²) in [5.41, 5.74) is 2.91. The van der Waals surface area contributed by atoms with Gasteiger partial charge in [0.25, 0.3) is 5.91 Å². The number of nitrogens with zero attached hydrogens (tertiary/aromatic N) is 3. The van der Waals surface area contributed by atoms with E-state index in [9.17, 15) is 4.79 Å². The third-order valence-corrected chi connectivity index (χ3v) is 4.44. The molecule has 3 aromatic rings. The first-order chi connectivity index (χ1) is 12.6. The summed E-state index contributed by atoms with van der Waals surface area (Å²) in [5.74, 6) is 0.367. The molecule has 0 bridgehead atoms. The minimum absolute atomic E-state index is 0.184. The summed E-state index contributed by atoms with van der Waals surface area (Å²) in [6.45, 7) is 4.40. The first-order valence-corrected chi connectivity index (χ1v) is 8.69. The largest absolute Gasteiger partial charge is 0.339 e. The van der Waals surface area contributed by atoms with Crippen molar-refractivity contribution in [3.63, 3.8) is 0 Å². The van der Waals surface area contributed by atoms with Gasteiger partial charge >= 0.3 is 0 Å². The van der Waals surface area contributed by atoms with Gasteiger partial charge in [0.2, 0.25) is 0 Å². The van der Waals surface area contributed by atoms with Gasteiger partial charge < -0.3 is 10.2 Å². The van der Waals surface area contributed by atoms with Crippen molar-refractivity contribution < 1.29 is 4.79 Å². The molecule has 132 valence electrons. The van der Waals surface area contributed by atoms with Crippen molar-refractivity contribution in [3.8, 4) is 0 Å². The standard InChI is InChI=1S/C20H19ClN4O/c1-3-25(15-8-5-4-6-9-15)20(26)18-12-23-19(13-22-18)24-17-11-7-10-16(21)14(17)2/h4-13H,3H2,1-2H3,(H,23,24). The van der Waals surface area contributed by atoms with Crippen LogP contribution in [0.5, 0.6) is 0 Å². The van der Waals surface area contributed by atoms with Gasteiger partial charge in [0.05, 0.1) is 12.4 Å². The summed E-state index contributed by atoms with van der Waals surface area (Å²) in [6.07, 6.45) is 3.03. The number of carbonyl (C=O) groups excluding carboxylic acids is 1. The SMILES string of the molecule is CCN(C(=O)c1cnc(Nc2cccc(Cl)c2C)cn1)c1ccccc1. The number of anilines is 3. The minimum Gasteiger partial charge on any atom is -0.339 e. The second-order valence-electron chi connectivity index (χ2n) is 5.71. The van der Waals surface area contributed by atoms with Gasteiger partial charge in [0, 0.05) is 22.9 Å². The molecule has 6 heteroatoms. The van der Waals surface area contributed by atoms with Crippen LogP contribution in [0.1, 0.15) is 23.0 Å². The Labute approximate surface area is 157 Å². The van der Waals surface area contributed by atoms with E-state index in [4.69, 9.17) is 11.6 Å². The maximum Gasteiger partial charge on any atom is 0.278 e. The van der Waals surface area contributed by atoms with Crippen LogP contribution in [-0.4, -0.2) is 22.4 Å². The topological polar surface area (TPSA) is 58.1 Å². The Morgan fingerprint density at radius 1 is 1.08 bits per heavy atom. The lowest BCUT2D eigenvalue weighted by Gasteiger charge is -2.20. The quantitative estimate of drug-likeness (QED) is 0.701. The summed E-state index contributed by atoms with van der Waals surface area (Å²) < 4.78 is 0. The first kappa shape index (κ1) is 17.9. The zero-order valence-electron chi connectivity index (χ0n) is 14.6. The van der Waals surface area contributed by atoms with E-state index in [1.54, 1.807) is 11.1 Å². The second-order valence-corrected chi connectivity index (χ2v) is 6.12. The summed E-state index contributed by atoms with van der Waals surface area (Å²) in [7, 11) is 0. The van der Waals surface area contributed by atoms with Crippen LogP contribution in [-0.2, 0) is 0 Å². The van der Waals surface area contributed by atoms with Crippen molar-refractivity contribution in [2.75, 3.05) is 16.8 Å². The van der Waals surface area contributed by atoms with E-state index in [1.807, 2.05) is 62.4 Å². The van der Waals surface area contributed by atoms with Crippen LogP contribution in [0.25, 0.3) is 0 Å². The van der Waals surface area contributed by atoms with Crippen molar-refractivity contribution in [3.05, 3.63) is 77.2 Å². The number of benzene rings is 2. The molecular formula is C20H19ClN4O. The number of carbonyl (C=O) groups is 1. The first-order valence-electron chi connectivity index (χ1n) is 8.31. The zero-order valence-corrected chi connectivity index (χ0v) is 15.4. The fraction of sp³-hybridized carbons (Fsp3) is 0.150. The molecule has 0 unspecified atom stereocenters. The summed E-state index contributed by atoms with van der Waals surface area (Å²) >= 11 is 6.13. The molecule has 1 amide bonds. The number of hydrogen-bond donors (Lipinski definition) is 1.